The van der Waals surface area contributed by atoms with Gasteiger partial charge in [-0.2, -0.15) is 5.26 Å². The highest BCUT2D eigenvalue weighted by Crippen LogP contribution is 2.37. The summed E-state index contributed by atoms with van der Waals surface area (Å²) in [5, 5.41) is 10.1. The molecule has 2 atom stereocenters. The predicted molar refractivity (Wildman–Crippen MR) is 63.5 cm³/mol. The lowest BCUT2D eigenvalue weighted by Crippen LogP contribution is -2.11. The maximum absolute atomic E-state index is 9.02. The quantitative estimate of drug-likeness (QED) is 0.694. The van der Waals surface area contributed by atoms with E-state index in [1.54, 1.807) is 0 Å². The van der Waals surface area contributed by atoms with Crippen molar-refractivity contribution in [1.29, 1.82) is 5.26 Å². The number of hydrogen-bond acceptors (Lipinski definition) is 2. The zero-order chi connectivity index (χ0) is 10.8. The van der Waals surface area contributed by atoms with Crippen LogP contribution in [0.25, 0.3) is 0 Å². The highest BCUT2D eigenvalue weighted by atomic mass is 28.1. The van der Waals surface area contributed by atoms with Gasteiger partial charge in [-0.15, -0.1) is 0 Å². The van der Waals surface area contributed by atoms with Crippen molar-refractivity contribution in [2.24, 2.45) is 11.8 Å². The molecule has 2 rings (SSSR count). The van der Waals surface area contributed by atoms with Crippen LogP contribution in [0.4, 0.5) is 0 Å². The summed E-state index contributed by atoms with van der Waals surface area (Å²) in [6, 6.07) is 8.09. The molecule has 2 unspecified atom stereocenters. The Labute approximate surface area is 93.3 Å². The van der Waals surface area contributed by atoms with Crippen LogP contribution < -0.4 is 9.92 Å². The Morgan fingerprint density at radius 2 is 2.33 bits per heavy atom. The summed E-state index contributed by atoms with van der Waals surface area (Å²) in [5.74, 6) is 2.27. The molecule has 78 valence electrons. The Kier molecular flexibility index (Phi) is 2.78. The average molecular weight is 217 g/mol. The topological polar surface area (TPSA) is 33.0 Å². The molecule has 1 saturated carbocycles. The molecule has 1 aliphatic carbocycles. The van der Waals surface area contributed by atoms with Gasteiger partial charge in [-0.3, -0.25) is 0 Å². The van der Waals surface area contributed by atoms with Crippen molar-refractivity contribution in [3.8, 4) is 11.8 Å². The fourth-order valence-electron chi connectivity index (χ4n) is 1.73. The summed E-state index contributed by atoms with van der Waals surface area (Å²) in [6.45, 7) is 3.00. The average Bonchev–Trinajstić information content (AvgIpc) is 2.92. The van der Waals surface area contributed by atoms with Crippen molar-refractivity contribution in [3.05, 3.63) is 23.8 Å². The molecule has 1 aromatic carbocycles. The minimum absolute atomic E-state index is 0.703. The van der Waals surface area contributed by atoms with Gasteiger partial charge in [0.25, 0.3) is 0 Å². The molecule has 15 heavy (non-hydrogen) atoms. The van der Waals surface area contributed by atoms with E-state index >= 15 is 0 Å². The van der Waals surface area contributed by atoms with E-state index in [1.165, 1.54) is 6.42 Å². The number of nitriles is 1. The Balaban J connectivity index is 2.07. The molecule has 0 heterocycles. The van der Waals surface area contributed by atoms with E-state index in [0.717, 1.165) is 39.3 Å². The summed E-state index contributed by atoms with van der Waals surface area (Å²) in [6.07, 6.45) is 1.27. The standard InChI is InChI=1S/C12H15NOSi/c1-8-5-9(8)7-14-11-3-2-4-12(15)10(11)6-13/h2-4,8-9H,5,7H2,1,15H3. The predicted octanol–water partition coefficient (Wildman–Crippen LogP) is 0.584. The van der Waals surface area contributed by atoms with Crippen molar-refractivity contribution in [1.82, 2.24) is 0 Å². The molecule has 0 spiro atoms. The molecule has 1 aromatic rings. The highest BCUT2D eigenvalue weighted by molar-refractivity contribution is 6.34. The maximum Gasteiger partial charge on any atom is 0.136 e. The first-order valence-corrected chi connectivity index (χ1v) is 6.35. The summed E-state index contributed by atoms with van der Waals surface area (Å²) in [7, 11) is 0.896. The first-order valence-electron chi connectivity index (χ1n) is 5.35. The SMILES string of the molecule is CC1CC1COc1cccc([SiH3])c1C#N. The lowest BCUT2D eigenvalue weighted by atomic mass is 10.2. The van der Waals surface area contributed by atoms with Crippen LogP contribution in [-0.2, 0) is 0 Å². The van der Waals surface area contributed by atoms with E-state index in [-0.39, 0.29) is 0 Å². The first kappa shape index (κ1) is 10.3. The van der Waals surface area contributed by atoms with Gasteiger partial charge in [0.05, 0.1) is 12.2 Å². The Morgan fingerprint density at radius 1 is 1.60 bits per heavy atom. The van der Waals surface area contributed by atoms with E-state index in [4.69, 9.17) is 10.00 Å². The molecule has 0 radical (unpaired) electrons. The fourth-order valence-corrected chi connectivity index (χ4v) is 2.28. The molecule has 2 nitrogen and oxygen atoms in total. The molecule has 0 N–H and O–H groups in total. The minimum Gasteiger partial charge on any atom is -0.492 e. The Bertz CT molecular complexity index is 411. The smallest absolute Gasteiger partial charge is 0.136 e. The van der Waals surface area contributed by atoms with Gasteiger partial charge >= 0.3 is 0 Å². The molecule has 1 fully saturated rings. The molecule has 1 aliphatic rings. The van der Waals surface area contributed by atoms with Crippen LogP contribution in [0.3, 0.4) is 0 Å². The molecule has 0 saturated heterocycles. The van der Waals surface area contributed by atoms with Gasteiger partial charge in [-0.25, -0.2) is 0 Å². The zero-order valence-electron chi connectivity index (χ0n) is 9.16. The van der Waals surface area contributed by atoms with Crippen molar-refractivity contribution in [3.63, 3.8) is 0 Å². The van der Waals surface area contributed by atoms with Crippen molar-refractivity contribution in [2.75, 3.05) is 6.61 Å². The molecule has 0 aromatic heterocycles. The van der Waals surface area contributed by atoms with E-state index < -0.39 is 0 Å². The number of benzene rings is 1. The first-order chi connectivity index (χ1) is 7.22. The Hall–Kier alpha value is -1.27. The van der Waals surface area contributed by atoms with E-state index in [0.29, 0.717) is 5.92 Å². The molecular weight excluding hydrogens is 202 g/mol. The molecule has 0 aliphatic heterocycles. The van der Waals surface area contributed by atoms with Gasteiger partial charge in [0, 0.05) is 10.2 Å². The summed E-state index contributed by atoms with van der Waals surface area (Å²) < 4.78 is 5.70. The second kappa shape index (κ2) is 4.07. The maximum atomic E-state index is 9.02. The lowest BCUT2D eigenvalue weighted by Gasteiger charge is -2.08. The summed E-state index contributed by atoms with van der Waals surface area (Å²) in [5.41, 5.74) is 0.734. The number of ether oxygens (including phenoxy) is 1. The van der Waals surface area contributed by atoms with Crippen molar-refractivity contribution in [2.45, 2.75) is 13.3 Å². The van der Waals surface area contributed by atoms with Crippen LogP contribution in [0.2, 0.25) is 0 Å². The van der Waals surface area contributed by atoms with Crippen LogP contribution in [0, 0.1) is 23.2 Å². The minimum atomic E-state index is 0.703. The van der Waals surface area contributed by atoms with Gasteiger partial charge in [-0.1, -0.05) is 19.1 Å². The summed E-state index contributed by atoms with van der Waals surface area (Å²) >= 11 is 0. The van der Waals surface area contributed by atoms with Gasteiger partial charge in [0.2, 0.25) is 0 Å². The van der Waals surface area contributed by atoms with E-state index in [2.05, 4.69) is 13.0 Å². The number of rotatable bonds is 3. The van der Waals surface area contributed by atoms with Crippen LogP contribution in [0.1, 0.15) is 18.9 Å². The van der Waals surface area contributed by atoms with E-state index in [1.807, 2.05) is 18.2 Å². The summed E-state index contributed by atoms with van der Waals surface area (Å²) in [4.78, 5) is 0. The van der Waals surface area contributed by atoms with Crippen molar-refractivity contribution >= 4 is 15.4 Å². The van der Waals surface area contributed by atoms with Gasteiger partial charge in [0.15, 0.2) is 0 Å². The zero-order valence-corrected chi connectivity index (χ0v) is 11.2. The molecule has 0 amide bonds. The number of hydrogen-bond donors (Lipinski definition) is 0. The van der Waals surface area contributed by atoms with Crippen LogP contribution in [0.15, 0.2) is 18.2 Å². The lowest BCUT2D eigenvalue weighted by molar-refractivity contribution is 0.293. The third-order valence-electron chi connectivity index (χ3n) is 3.08. The van der Waals surface area contributed by atoms with Crippen molar-refractivity contribution < 1.29 is 4.74 Å². The van der Waals surface area contributed by atoms with Gasteiger partial charge in [-0.05, 0) is 29.5 Å². The second-order valence-corrected chi connectivity index (χ2v) is 5.42. The normalized spacial score (nSPS) is 23.5. The largest absolute Gasteiger partial charge is 0.492 e. The Morgan fingerprint density at radius 3 is 2.93 bits per heavy atom. The number of nitrogens with zero attached hydrogens (tertiary/aromatic N) is 1. The molecule has 3 heteroatoms. The van der Waals surface area contributed by atoms with Crippen LogP contribution in [-0.4, -0.2) is 16.8 Å². The van der Waals surface area contributed by atoms with Gasteiger partial charge in [0.1, 0.15) is 11.8 Å². The third-order valence-corrected chi connectivity index (χ3v) is 3.91. The van der Waals surface area contributed by atoms with Crippen LogP contribution in [0.5, 0.6) is 5.75 Å². The second-order valence-electron chi connectivity index (χ2n) is 4.34. The van der Waals surface area contributed by atoms with E-state index in [9.17, 15) is 0 Å². The monoisotopic (exact) mass is 217 g/mol. The molecular formula is C12H15NOSi. The highest BCUT2D eigenvalue weighted by Gasteiger charge is 2.33. The van der Waals surface area contributed by atoms with Gasteiger partial charge < -0.3 is 4.74 Å². The fraction of sp³-hybridized carbons (Fsp3) is 0.417. The van der Waals surface area contributed by atoms with Crippen LogP contribution >= 0.6 is 0 Å². The third kappa shape index (κ3) is 2.21. The molecule has 0 bridgehead atoms.